The van der Waals surface area contributed by atoms with Crippen LogP contribution in [0.4, 0.5) is 0 Å². The van der Waals surface area contributed by atoms with Crippen LogP contribution in [0.1, 0.15) is 72.2 Å². The highest BCUT2D eigenvalue weighted by Gasteiger charge is 2.29. The molecule has 42 heavy (non-hydrogen) atoms. The molecule has 3 aromatic rings. The molecule has 0 unspecified atom stereocenters. The molecule has 0 saturated heterocycles. The normalized spacial score (nSPS) is 12.8. The van der Waals surface area contributed by atoms with Crippen LogP contribution in [0.15, 0.2) is 48.5 Å². The predicted molar refractivity (Wildman–Crippen MR) is 176 cm³/mol. The van der Waals surface area contributed by atoms with Crippen molar-refractivity contribution in [2.75, 3.05) is 56.4 Å². The smallest absolute Gasteiger partial charge is 0.124 e. The summed E-state index contributed by atoms with van der Waals surface area (Å²) in [6.45, 7) is 11.8. The molecule has 0 heterocycles. The van der Waals surface area contributed by atoms with E-state index in [9.17, 15) is 10.2 Å². The number of rotatable bonds is 12. The number of nitrogens with zero attached hydrogens (tertiary/aromatic N) is 4. The van der Waals surface area contributed by atoms with Crippen LogP contribution in [0.3, 0.4) is 0 Å². The molecule has 3 aromatic carbocycles. The van der Waals surface area contributed by atoms with Gasteiger partial charge in [0, 0.05) is 59.3 Å². The Balaban J connectivity index is 2.05. The van der Waals surface area contributed by atoms with Crippen LogP contribution >= 0.6 is 0 Å². The average Bonchev–Trinajstić information content (AvgIpc) is 2.87. The molecule has 0 aliphatic carbocycles. The van der Waals surface area contributed by atoms with Crippen LogP contribution in [0.25, 0.3) is 0 Å². The van der Waals surface area contributed by atoms with E-state index in [-0.39, 0.29) is 10.8 Å². The van der Waals surface area contributed by atoms with Crippen LogP contribution in [-0.4, -0.2) is 86.2 Å². The fourth-order valence-electron chi connectivity index (χ4n) is 5.72. The summed E-state index contributed by atoms with van der Waals surface area (Å²) >= 11 is 0. The monoisotopic (exact) mass is 574 g/mol. The number of hydrogen-bond donors (Lipinski definition) is 2. The molecule has 0 spiro atoms. The van der Waals surface area contributed by atoms with E-state index in [1.165, 1.54) is 22.3 Å². The van der Waals surface area contributed by atoms with E-state index >= 15 is 0 Å². The lowest BCUT2D eigenvalue weighted by Crippen LogP contribution is -2.23. The maximum atomic E-state index is 11.1. The minimum atomic E-state index is -0.255. The van der Waals surface area contributed by atoms with Gasteiger partial charge in [-0.25, -0.2) is 0 Å². The zero-order valence-corrected chi connectivity index (χ0v) is 28.1. The van der Waals surface area contributed by atoms with Crippen molar-refractivity contribution in [1.29, 1.82) is 0 Å². The molecule has 2 N–H and O–H groups in total. The zero-order valence-electron chi connectivity index (χ0n) is 28.1. The molecule has 6 nitrogen and oxygen atoms in total. The molecule has 0 aromatic heterocycles. The van der Waals surface area contributed by atoms with E-state index in [0.717, 1.165) is 22.3 Å². The summed E-state index contributed by atoms with van der Waals surface area (Å²) in [4.78, 5) is 8.39. The summed E-state index contributed by atoms with van der Waals surface area (Å²) in [6, 6.07) is 17.7. The third-order valence-corrected chi connectivity index (χ3v) is 8.25. The average molecular weight is 575 g/mol. The van der Waals surface area contributed by atoms with Crippen LogP contribution < -0.4 is 0 Å². The first-order valence-corrected chi connectivity index (χ1v) is 14.8. The Morgan fingerprint density at radius 1 is 0.429 bits per heavy atom. The van der Waals surface area contributed by atoms with Gasteiger partial charge < -0.3 is 29.8 Å². The molecular formula is C36H54N4O2. The first-order chi connectivity index (χ1) is 19.4. The molecule has 230 valence electrons. The number of benzene rings is 3. The second-order valence-corrected chi connectivity index (χ2v) is 14.1. The Bertz CT molecular complexity index is 1190. The van der Waals surface area contributed by atoms with Crippen molar-refractivity contribution in [3.8, 4) is 11.5 Å². The van der Waals surface area contributed by atoms with Gasteiger partial charge >= 0.3 is 0 Å². The Morgan fingerprint density at radius 3 is 0.833 bits per heavy atom. The van der Waals surface area contributed by atoms with E-state index in [0.29, 0.717) is 37.7 Å². The lowest BCUT2D eigenvalue weighted by atomic mass is 9.73. The van der Waals surface area contributed by atoms with Crippen molar-refractivity contribution in [3.05, 3.63) is 93.0 Å². The van der Waals surface area contributed by atoms with E-state index in [1.807, 2.05) is 56.4 Å². The molecule has 3 rings (SSSR count). The van der Waals surface area contributed by atoms with Crippen molar-refractivity contribution in [1.82, 2.24) is 19.6 Å². The number of phenols is 2. The fourth-order valence-corrected chi connectivity index (χ4v) is 5.72. The van der Waals surface area contributed by atoms with Crippen molar-refractivity contribution in [3.63, 3.8) is 0 Å². The van der Waals surface area contributed by atoms with Crippen molar-refractivity contribution >= 4 is 0 Å². The molecule has 6 heteroatoms. The van der Waals surface area contributed by atoms with Crippen molar-refractivity contribution in [2.24, 2.45) is 0 Å². The molecule has 0 amide bonds. The summed E-state index contributed by atoms with van der Waals surface area (Å²) in [5.41, 5.74) is 8.15. The summed E-state index contributed by atoms with van der Waals surface area (Å²) in [5.74, 6) is 0.787. The second-order valence-electron chi connectivity index (χ2n) is 14.1. The van der Waals surface area contributed by atoms with E-state index in [1.54, 1.807) is 0 Å². The predicted octanol–water partition coefficient (Wildman–Crippen LogP) is 6.00. The van der Waals surface area contributed by atoms with Gasteiger partial charge in [-0.05, 0) is 103 Å². The first-order valence-electron chi connectivity index (χ1n) is 14.8. The van der Waals surface area contributed by atoms with Crippen molar-refractivity contribution in [2.45, 2.75) is 64.7 Å². The lowest BCUT2D eigenvalue weighted by Gasteiger charge is -2.31. The van der Waals surface area contributed by atoms with E-state index in [2.05, 4.69) is 95.8 Å². The highest BCUT2D eigenvalue weighted by atomic mass is 16.3. The fraction of sp³-hybridized carbons (Fsp3) is 0.500. The third kappa shape index (κ3) is 7.73. The Labute approximate surface area is 255 Å². The molecule has 0 fully saturated rings. The van der Waals surface area contributed by atoms with Gasteiger partial charge in [-0.15, -0.1) is 0 Å². The maximum absolute atomic E-state index is 11.1. The lowest BCUT2D eigenvalue weighted by molar-refractivity contribution is 0.367. The Hall–Kier alpha value is -2.90. The van der Waals surface area contributed by atoms with Crippen LogP contribution in [0, 0.1) is 0 Å². The number of hydrogen-bond acceptors (Lipinski definition) is 6. The summed E-state index contributed by atoms with van der Waals surface area (Å²) in [7, 11) is 16.3. The van der Waals surface area contributed by atoms with Gasteiger partial charge in [0.1, 0.15) is 11.5 Å². The Kier molecular flexibility index (Phi) is 10.5. The summed E-state index contributed by atoms with van der Waals surface area (Å²) in [6.07, 6.45) is 0. The summed E-state index contributed by atoms with van der Waals surface area (Å²) < 4.78 is 0. The first kappa shape index (κ1) is 33.6. The van der Waals surface area contributed by atoms with Gasteiger partial charge in [0.2, 0.25) is 0 Å². The van der Waals surface area contributed by atoms with Gasteiger partial charge in [0.25, 0.3) is 0 Å². The topological polar surface area (TPSA) is 53.4 Å². The standard InChI is InChI=1S/C36H54N4O2/c1-35(2,31-17-25(21-37(5)6)33(41)26(18-31)22-38(7)8)29-13-15-30(16-14-29)36(3,4)32-19-27(23-39(9)10)34(42)28(20-32)24-40(11)12/h13-20,41-42H,21-24H2,1-12H3. The molecule has 0 saturated carbocycles. The quantitative estimate of drug-likeness (QED) is 0.277. The third-order valence-electron chi connectivity index (χ3n) is 8.25. The van der Waals surface area contributed by atoms with Crippen LogP contribution in [0.2, 0.25) is 0 Å². The van der Waals surface area contributed by atoms with Gasteiger partial charge in [0.05, 0.1) is 0 Å². The van der Waals surface area contributed by atoms with E-state index < -0.39 is 0 Å². The molecule has 0 radical (unpaired) electrons. The number of aromatic hydroxyl groups is 2. The minimum Gasteiger partial charge on any atom is -0.507 e. The minimum absolute atomic E-state index is 0.255. The van der Waals surface area contributed by atoms with Gasteiger partial charge in [0.15, 0.2) is 0 Å². The molecule has 0 aliphatic heterocycles. The van der Waals surface area contributed by atoms with Gasteiger partial charge in [-0.1, -0.05) is 52.0 Å². The highest BCUT2D eigenvalue weighted by molar-refractivity contribution is 5.52. The zero-order chi connectivity index (χ0) is 31.6. The van der Waals surface area contributed by atoms with Crippen molar-refractivity contribution < 1.29 is 10.2 Å². The number of phenolic OH excluding ortho intramolecular Hbond substituents is 2. The summed E-state index contributed by atoms with van der Waals surface area (Å²) in [5, 5.41) is 22.1. The van der Waals surface area contributed by atoms with Gasteiger partial charge in [-0.2, -0.15) is 0 Å². The maximum Gasteiger partial charge on any atom is 0.124 e. The van der Waals surface area contributed by atoms with Crippen LogP contribution in [-0.2, 0) is 37.0 Å². The van der Waals surface area contributed by atoms with Gasteiger partial charge in [-0.3, -0.25) is 0 Å². The molecule has 0 atom stereocenters. The Morgan fingerprint density at radius 2 is 0.643 bits per heavy atom. The molecule has 0 aliphatic rings. The molecular weight excluding hydrogens is 520 g/mol. The SMILES string of the molecule is CN(C)Cc1cc(C(C)(C)c2ccc(C(C)(C)c3cc(CN(C)C)c(O)c(CN(C)C)c3)cc2)cc(CN(C)C)c1O. The van der Waals surface area contributed by atoms with E-state index in [4.69, 9.17) is 0 Å². The highest BCUT2D eigenvalue weighted by Crippen LogP contribution is 2.40. The molecule has 0 bridgehead atoms. The van der Waals surface area contributed by atoms with Crippen LogP contribution in [0.5, 0.6) is 11.5 Å². The second kappa shape index (κ2) is 13.2. The largest absolute Gasteiger partial charge is 0.507 e.